The van der Waals surface area contributed by atoms with Crippen LogP contribution in [-0.4, -0.2) is 26.1 Å². The summed E-state index contributed by atoms with van der Waals surface area (Å²) in [5, 5.41) is 17.7. The predicted octanol–water partition coefficient (Wildman–Crippen LogP) is 3.38. The van der Waals surface area contributed by atoms with E-state index < -0.39 is 0 Å². The summed E-state index contributed by atoms with van der Waals surface area (Å²) >= 11 is 0. The second-order valence-electron chi connectivity index (χ2n) is 5.41. The highest BCUT2D eigenvalue weighted by molar-refractivity contribution is 5.57. The van der Waals surface area contributed by atoms with Gasteiger partial charge in [0, 0.05) is 18.0 Å². The van der Waals surface area contributed by atoms with E-state index in [2.05, 4.69) is 21.4 Å². The number of hydrogen-bond donors (Lipinski definition) is 0. The van der Waals surface area contributed by atoms with Crippen molar-refractivity contribution in [2.24, 2.45) is 0 Å². The average Bonchev–Trinajstić information content (AvgIpc) is 3.12. The molecule has 0 aliphatic rings. The highest BCUT2D eigenvalue weighted by Gasteiger charge is 2.11. The molecule has 2 heterocycles. The average molecular weight is 319 g/mol. The third-order valence-corrected chi connectivity index (χ3v) is 3.72. The van der Waals surface area contributed by atoms with Crippen molar-refractivity contribution < 1.29 is 4.74 Å². The third-order valence-electron chi connectivity index (χ3n) is 3.72. The van der Waals surface area contributed by atoms with Crippen molar-refractivity contribution in [1.82, 2.24) is 20.0 Å². The minimum atomic E-state index is 0.0626. The van der Waals surface area contributed by atoms with Crippen LogP contribution in [0.15, 0.2) is 48.9 Å². The van der Waals surface area contributed by atoms with Gasteiger partial charge < -0.3 is 4.74 Å². The maximum absolute atomic E-state index is 9.38. The number of hydrogen-bond acceptors (Lipinski definition) is 5. The van der Waals surface area contributed by atoms with Gasteiger partial charge in [0.2, 0.25) is 0 Å². The lowest BCUT2D eigenvalue weighted by Gasteiger charge is -2.14. The lowest BCUT2D eigenvalue weighted by Crippen LogP contribution is -2.11. The SMILES string of the molecule is CCC(C)Oc1ccc(-n2cc(-c3ccncc3)nn2)cc1C#N. The molecule has 1 aromatic carbocycles. The molecule has 6 nitrogen and oxygen atoms in total. The molecule has 1 unspecified atom stereocenters. The van der Waals surface area contributed by atoms with Gasteiger partial charge in [-0.15, -0.1) is 5.10 Å². The summed E-state index contributed by atoms with van der Waals surface area (Å²) in [4.78, 5) is 3.99. The number of rotatable bonds is 5. The molecular weight excluding hydrogens is 302 g/mol. The molecule has 0 radical (unpaired) electrons. The van der Waals surface area contributed by atoms with Crippen LogP contribution in [0.2, 0.25) is 0 Å². The Balaban J connectivity index is 1.91. The summed E-state index contributed by atoms with van der Waals surface area (Å²) in [7, 11) is 0. The Morgan fingerprint density at radius 1 is 1.25 bits per heavy atom. The van der Waals surface area contributed by atoms with Crippen molar-refractivity contribution in [2.75, 3.05) is 0 Å². The predicted molar refractivity (Wildman–Crippen MR) is 89.7 cm³/mol. The van der Waals surface area contributed by atoms with Crippen LogP contribution in [0.25, 0.3) is 16.9 Å². The molecule has 24 heavy (non-hydrogen) atoms. The van der Waals surface area contributed by atoms with E-state index in [1.54, 1.807) is 29.2 Å². The van der Waals surface area contributed by atoms with Crippen molar-refractivity contribution in [1.29, 1.82) is 5.26 Å². The van der Waals surface area contributed by atoms with Gasteiger partial charge in [-0.2, -0.15) is 5.26 Å². The van der Waals surface area contributed by atoms with Gasteiger partial charge in [-0.1, -0.05) is 12.1 Å². The van der Waals surface area contributed by atoms with E-state index in [4.69, 9.17) is 4.74 Å². The maximum atomic E-state index is 9.38. The second kappa shape index (κ2) is 6.92. The van der Waals surface area contributed by atoms with Crippen LogP contribution in [0.5, 0.6) is 5.75 Å². The highest BCUT2D eigenvalue weighted by atomic mass is 16.5. The quantitative estimate of drug-likeness (QED) is 0.720. The molecule has 0 amide bonds. The first-order valence-electron chi connectivity index (χ1n) is 7.75. The van der Waals surface area contributed by atoms with Gasteiger partial charge in [0.25, 0.3) is 0 Å². The molecule has 0 aliphatic carbocycles. The van der Waals surface area contributed by atoms with Crippen molar-refractivity contribution >= 4 is 0 Å². The molecular formula is C18H17N5O. The smallest absolute Gasteiger partial charge is 0.137 e. The number of benzene rings is 1. The van der Waals surface area contributed by atoms with Crippen LogP contribution < -0.4 is 4.74 Å². The maximum Gasteiger partial charge on any atom is 0.137 e. The number of nitrogens with zero attached hydrogens (tertiary/aromatic N) is 5. The lowest BCUT2D eigenvalue weighted by atomic mass is 10.2. The molecule has 0 fully saturated rings. The molecule has 3 rings (SSSR count). The highest BCUT2D eigenvalue weighted by Crippen LogP contribution is 2.24. The summed E-state index contributed by atoms with van der Waals surface area (Å²) in [5.74, 6) is 0.588. The zero-order valence-electron chi connectivity index (χ0n) is 13.5. The van der Waals surface area contributed by atoms with Crippen LogP contribution in [-0.2, 0) is 0 Å². The normalized spacial score (nSPS) is 11.7. The molecule has 0 saturated carbocycles. The van der Waals surface area contributed by atoms with E-state index in [0.29, 0.717) is 11.3 Å². The van der Waals surface area contributed by atoms with E-state index in [1.165, 1.54) is 0 Å². The van der Waals surface area contributed by atoms with Crippen molar-refractivity contribution in [3.63, 3.8) is 0 Å². The summed E-state index contributed by atoms with van der Waals surface area (Å²) in [6.07, 6.45) is 6.19. The molecule has 1 atom stereocenters. The van der Waals surface area contributed by atoms with E-state index in [9.17, 15) is 5.26 Å². The summed E-state index contributed by atoms with van der Waals surface area (Å²) in [6.45, 7) is 4.02. The Kier molecular flexibility index (Phi) is 4.52. The number of aromatic nitrogens is 4. The Hall–Kier alpha value is -3.20. The standard InChI is InChI=1S/C18H17N5O/c1-3-13(2)24-18-5-4-16(10-15(18)11-19)23-12-17(21-22-23)14-6-8-20-9-7-14/h4-10,12-13H,3H2,1-2H3. The first-order chi connectivity index (χ1) is 11.7. The molecule has 0 saturated heterocycles. The van der Waals surface area contributed by atoms with Gasteiger partial charge in [0.1, 0.15) is 17.5 Å². The van der Waals surface area contributed by atoms with Crippen LogP contribution >= 0.6 is 0 Å². The van der Waals surface area contributed by atoms with E-state index in [0.717, 1.165) is 23.4 Å². The number of ether oxygens (including phenoxy) is 1. The summed E-state index contributed by atoms with van der Waals surface area (Å²) < 4.78 is 7.42. The Labute approximate surface area is 140 Å². The monoisotopic (exact) mass is 319 g/mol. The minimum Gasteiger partial charge on any atom is -0.489 e. The van der Waals surface area contributed by atoms with E-state index in [-0.39, 0.29) is 6.10 Å². The molecule has 0 N–H and O–H groups in total. The zero-order chi connectivity index (χ0) is 16.9. The second-order valence-corrected chi connectivity index (χ2v) is 5.41. The molecule has 2 aromatic heterocycles. The van der Waals surface area contributed by atoms with Crippen LogP contribution in [0.1, 0.15) is 25.8 Å². The minimum absolute atomic E-state index is 0.0626. The van der Waals surface area contributed by atoms with Gasteiger partial charge >= 0.3 is 0 Å². The van der Waals surface area contributed by atoms with Crippen LogP contribution in [0, 0.1) is 11.3 Å². The molecule has 3 aromatic rings. The summed E-state index contributed by atoms with van der Waals surface area (Å²) in [5.41, 5.74) is 2.92. The zero-order valence-corrected chi connectivity index (χ0v) is 13.5. The molecule has 120 valence electrons. The van der Waals surface area contributed by atoms with Gasteiger partial charge in [0.05, 0.1) is 23.6 Å². The van der Waals surface area contributed by atoms with Crippen molar-refractivity contribution in [2.45, 2.75) is 26.4 Å². The topological polar surface area (TPSA) is 76.6 Å². The van der Waals surface area contributed by atoms with Crippen molar-refractivity contribution in [3.05, 3.63) is 54.5 Å². The first kappa shape index (κ1) is 15.7. The third kappa shape index (κ3) is 3.25. The largest absolute Gasteiger partial charge is 0.489 e. The van der Waals surface area contributed by atoms with Crippen molar-refractivity contribution in [3.8, 4) is 28.8 Å². The lowest BCUT2D eigenvalue weighted by molar-refractivity contribution is 0.217. The van der Waals surface area contributed by atoms with Gasteiger partial charge in [-0.25, -0.2) is 4.68 Å². The molecule has 0 bridgehead atoms. The molecule has 0 spiro atoms. The Morgan fingerprint density at radius 2 is 2.04 bits per heavy atom. The Bertz CT molecular complexity index is 867. The van der Waals surface area contributed by atoms with Gasteiger partial charge in [-0.3, -0.25) is 4.98 Å². The van der Waals surface area contributed by atoms with E-state index in [1.807, 2.05) is 38.2 Å². The fourth-order valence-electron chi connectivity index (χ4n) is 2.20. The fraction of sp³-hybridized carbons (Fsp3) is 0.222. The fourth-order valence-corrected chi connectivity index (χ4v) is 2.20. The van der Waals surface area contributed by atoms with Gasteiger partial charge in [-0.05, 0) is 43.7 Å². The molecule has 6 heteroatoms. The first-order valence-corrected chi connectivity index (χ1v) is 7.75. The van der Waals surface area contributed by atoms with Gasteiger partial charge in [0.15, 0.2) is 0 Å². The summed E-state index contributed by atoms with van der Waals surface area (Å²) in [6, 6.07) is 11.3. The van der Waals surface area contributed by atoms with E-state index >= 15 is 0 Å². The Morgan fingerprint density at radius 3 is 2.75 bits per heavy atom. The number of pyridine rings is 1. The van der Waals surface area contributed by atoms with Crippen LogP contribution in [0.3, 0.4) is 0 Å². The molecule has 0 aliphatic heterocycles. The number of nitriles is 1. The van der Waals surface area contributed by atoms with Crippen LogP contribution in [0.4, 0.5) is 0 Å².